The molecule has 0 aromatic heterocycles. The van der Waals surface area contributed by atoms with E-state index >= 15 is 0 Å². The van der Waals surface area contributed by atoms with Gasteiger partial charge in [0.2, 0.25) is 5.91 Å². The summed E-state index contributed by atoms with van der Waals surface area (Å²) in [6.07, 6.45) is 6.37. The number of nitrogens with one attached hydrogen (secondary N) is 1. The van der Waals surface area contributed by atoms with Crippen LogP contribution in [0.25, 0.3) is 0 Å². The average molecular weight is 301 g/mol. The summed E-state index contributed by atoms with van der Waals surface area (Å²) in [5.74, 6) is 0.567. The number of hydrogen-bond donors (Lipinski definition) is 1. The van der Waals surface area contributed by atoms with Crippen molar-refractivity contribution in [2.24, 2.45) is 11.3 Å². The Morgan fingerprint density at radius 2 is 2.24 bits per heavy atom. The molecule has 3 aliphatic rings. The van der Waals surface area contributed by atoms with Gasteiger partial charge in [0.05, 0.1) is 5.92 Å². The largest absolute Gasteiger partial charge is 0.354 e. The number of carbonyl (C=O) groups is 1. The van der Waals surface area contributed by atoms with Gasteiger partial charge in [-0.15, -0.1) is 0 Å². The van der Waals surface area contributed by atoms with Gasteiger partial charge in [-0.1, -0.05) is 22.4 Å². The van der Waals surface area contributed by atoms with Crippen LogP contribution in [-0.4, -0.2) is 41.8 Å². The summed E-state index contributed by atoms with van der Waals surface area (Å²) < 4.78 is 0. The van der Waals surface area contributed by atoms with E-state index in [0.29, 0.717) is 17.4 Å². The number of fused-ring (bicyclic) bond motifs is 1. The van der Waals surface area contributed by atoms with E-state index in [1.54, 1.807) is 0 Å². The molecular formula is C13H21BrN2O. The summed E-state index contributed by atoms with van der Waals surface area (Å²) in [6.45, 7) is 3.25. The molecule has 2 saturated heterocycles. The smallest absolute Gasteiger partial charge is 0.224 e. The van der Waals surface area contributed by atoms with Crippen molar-refractivity contribution in [1.29, 1.82) is 0 Å². The quantitative estimate of drug-likeness (QED) is 0.806. The maximum absolute atomic E-state index is 11.7. The van der Waals surface area contributed by atoms with E-state index in [1.807, 2.05) is 0 Å². The zero-order valence-electron chi connectivity index (χ0n) is 10.3. The molecule has 17 heavy (non-hydrogen) atoms. The Bertz CT molecular complexity index is 311. The number of nitrogens with zero attached hydrogens (tertiary/aromatic N) is 1. The first-order chi connectivity index (χ1) is 8.24. The molecule has 0 aromatic carbocycles. The summed E-state index contributed by atoms with van der Waals surface area (Å²) in [6, 6.07) is 0.479. The van der Waals surface area contributed by atoms with Crippen LogP contribution in [0, 0.1) is 11.3 Å². The van der Waals surface area contributed by atoms with E-state index < -0.39 is 0 Å². The van der Waals surface area contributed by atoms with E-state index in [9.17, 15) is 4.79 Å². The minimum Gasteiger partial charge on any atom is -0.354 e. The number of likely N-dealkylation sites (tertiary alicyclic amines) is 1. The van der Waals surface area contributed by atoms with Crippen molar-refractivity contribution in [3.8, 4) is 0 Å². The van der Waals surface area contributed by atoms with Gasteiger partial charge in [0.1, 0.15) is 0 Å². The van der Waals surface area contributed by atoms with Gasteiger partial charge >= 0.3 is 0 Å². The third kappa shape index (κ3) is 2.03. The molecular weight excluding hydrogens is 280 g/mol. The first-order valence-corrected chi connectivity index (χ1v) is 7.94. The molecule has 3 nitrogen and oxygen atoms in total. The minimum absolute atomic E-state index is 0.274. The number of rotatable bonds is 3. The molecule has 1 N–H and O–H groups in total. The monoisotopic (exact) mass is 300 g/mol. The van der Waals surface area contributed by atoms with Gasteiger partial charge in [0.15, 0.2) is 0 Å². The van der Waals surface area contributed by atoms with Crippen molar-refractivity contribution >= 4 is 21.8 Å². The number of halogens is 1. The molecule has 0 radical (unpaired) electrons. The van der Waals surface area contributed by atoms with Crippen molar-refractivity contribution in [2.45, 2.75) is 38.1 Å². The van der Waals surface area contributed by atoms with Crippen LogP contribution in [0.15, 0.2) is 0 Å². The van der Waals surface area contributed by atoms with E-state index in [0.717, 1.165) is 18.3 Å². The molecule has 2 heterocycles. The molecule has 2 aliphatic heterocycles. The predicted octanol–water partition coefficient (Wildman–Crippen LogP) is 1.76. The molecule has 1 amide bonds. The Kier molecular flexibility index (Phi) is 3.20. The molecule has 4 heteroatoms. The first-order valence-electron chi connectivity index (χ1n) is 6.82. The number of hydrogen-bond acceptors (Lipinski definition) is 2. The maximum Gasteiger partial charge on any atom is 0.224 e. The molecule has 0 aromatic rings. The number of piperidine rings is 1. The highest BCUT2D eigenvalue weighted by Gasteiger charge is 2.45. The second kappa shape index (κ2) is 4.54. The number of amides is 1. The fraction of sp³-hybridized carbons (Fsp3) is 0.923. The average Bonchev–Trinajstić information content (AvgIpc) is 2.67. The van der Waals surface area contributed by atoms with Crippen LogP contribution < -0.4 is 5.32 Å². The van der Waals surface area contributed by atoms with E-state index in [-0.39, 0.29) is 5.92 Å². The predicted molar refractivity (Wildman–Crippen MR) is 71.2 cm³/mol. The third-order valence-corrected chi connectivity index (χ3v) is 6.14. The zero-order valence-corrected chi connectivity index (χ0v) is 11.8. The van der Waals surface area contributed by atoms with Crippen molar-refractivity contribution in [3.63, 3.8) is 0 Å². The van der Waals surface area contributed by atoms with Crippen LogP contribution in [0.4, 0.5) is 0 Å². The summed E-state index contributed by atoms with van der Waals surface area (Å²) in [5, 5.41) is 4.16. The minimum atomic E-state index is 0.274. The highest BCUT2D eigenvalue weighted by Crippen LogP contribution is 2.44. The highest BCUT2D eigenvalue weighted by molar-refractivity contribution is 9.09. The van der Waals surface area contributed by atoms with Crippen molar-refractivity contribution in [3.05, 3.63) is 0 Å². The van der Waals surface area contributed by atoms with E-state index in [2.05, 4.69) is 26.1 Å². The lowest BCUT2D eigenvalue weighted by Gasteiger charge is -2.47. The molecule has 2 atom stereocenters. The third-order valence-electron chi connectivity index (χ3n) is 4.95. The normalized spacial score (nSPS) is 36.2. The summed E-state index contributed by atoms with van der Waals surface area (Å²) in [7, 11) is 0. The Morgan fingerprint density at radius 3 is 2.88 bits per heavy atom. The molecule has 3 fully saturated rings. The lowest BCUT2D eigenvalue weighted by molar-refractivity contribution is -0.124. The zero-order chi connectivity index (χ0) is 11.9. The standard InChI is InChI=1S/C13H21BrN2O/c14-8-13(4-2-5-13)9-16-6-1-3-10-11(16)7-15-12(10)17/h10-11H,1-9H2,(H,15,17). The van der Waals surface area contributed by atoms with Crippen molar-refractivity contribution in [2.75, 3.05) is 25.0 Å². The molecule has 3 rings (SSSR count). The number of alkyl halides is 1. The molecule has 96 valence electrons. The molecule has 0 bridgehead atoms. The Morgan fingerprint density at radius 1 is 1.41 bits per heavy atom. The second-order valence-corrected chi connectivity index (χ2v) is 6.58. The molecule has 2 unspecified atom stereocenters. The highest BCUT2D eigenvalue weighted by atomic mass is 79.9. The second-order valence-electron chi connectivity index (χ2n) is 6.02. The van der Waals surface area contributed by atoms with Gasteiger partial charge in [-0.3, -0.25) is 9.69 Å². The SMILES string of the molecule is O=C1NCC2C1CCCN2CC1(CBr)CCC1. The lowest BCUT2D eigenvalue weighted by atomic mass is 9.69. The van der Waals surface area contributed by atoms with E-state index in [1.165, 1.54) is 38.8 Å². The van der Waals surface area contributed by atoms with Crippen LogP contribution >= 0.6 is 15.9 Å². The van der Waals surface area contributed by atoms with Crippen LogP contribution in [0.1, 0.15) is 32.1 Å². The summed E-state index contributed by atoms with van der Waals surface area (Å²) in [5.41, 5.74) is 0.507. The Hall–Kier alpha value is -0.0900. The molecule has 0 spiro atoms. The van der Waals surface area contributed by atoms with Crippen LogP contribution in [0.2, 0.25) is 0 Å². The maximum atomic E-state index is 11.7. The number of carbonyl (C=O) groups excluding carboxylic acids is 1. The van der Waals surface area contributed by atoms with Gasteiger partial charge in [-0.05, 0) is 37.6 Å². The Labute approximate surface area is 111 Å². The lowest BCUT2D eigenvalue weighted by Crippen LogP contribution is -2.52. The van der Waals surface area contributed by atoms with Gasteiger partial charge < -0.3 is 5.32 Å². The van der Waals surface area contributed by atoms with Gasteiger partial charge in [0.25, 0.3) is 0 Å². The van der Waals surface area contributed by atoms with Crippen molar-refractivity contribution in [1.82, 2.24) is 10.2 Å². The Balaban J connectivity index is 1.68. The van der Waals surface area contributed by atoms with Crippen LogP contribution in [0.3, 0.4) is 0 Å². The van der Waals surface area contributed by atoms with Gasteiger partial charge in [0, 0.05) is 24.5 Å². The molecule has 1 saturated carbocycles. The summed E-state index contributed by atoms with van der Waals surface area (Å²) >= 11 is 3.69. The van der Waals surface area contributed by atoms with Gasteiger partial charge in [-0.25, -0.2) is 0 Å². The van der Waals surface area contributed by atoms with Gasteiger partial charge in [-0.2, -0.15) is 0 Å². The summed E-state index contributed by atoms with van der Waals surface area (Å²) in [4.78, 5) is 14.3. The van der Waals surface area contributed by atoms with Crippen molar-refractivity contribution < 1.29 is 4.79 Å². The van der Waals surface area contributed by atoms with Crippen LogP contribution in [-0.2, 0) is 4.79 Å². The fourth-order valence-corrected chi connectivity index (χ4v) is 4.42. The van der Waals surface area contributed by atoms with E-state index in [4.69, 9.17) is 0 Å². The van der Waals surface area contributed by atoms with Crippen LogP contribution in [0.5, 0.6) is 0 Å². The first kappa shape index (κ1) is 12.0. The fourth-order valence-electron chi connectivity index (χ4n) is 3.68. The topological polar surface area (TPSA) is 32.3 Å². The molecule has 1 aliphatic carbocycles.